The molecule has 2 rings (SSSR count). The molecular weight excluding hydrogens is 214 g/mol. The van der Waals surface area contributed by atoms with Gasteiger partial charge in [-0.1, -0.05) is 5.57 Å². The standard InChI is InChI=1S/C14H23NO2/c1-3-17-10-12-7-8-15(9-12)14(16)11(2)13-5-4-6-13/h12H,3-10H2,1-2H3/t12-/m0/s1. The third kappa shape index (κ3) is 2.89. The van der Waals surface area contributed by atoms with Crippen molar-refractivity contribution >= 4 is 5.91 Å². The van der Waals surface area contributed by atoms with Gasteiger partial charge in [0.25, 0.3) is 0 Å². The Morgan fingerprint density at radius 3 is 2.82 bits per heavy atom. The molecule has 3 heteroatoms. The first-order chi connectivity index (χ1) is 8.22. The lowest BCUT2D eigenvalue weighted by molar-refractivity contribution is -0.126. The second kappa shape index (κ2) is 5.67. The van der Waals surface area contributed by atoms with Gasteiger partial charge in [-0.15, -0.1) is 0 Å². The van der Waals surface area contributed by atoms with Gasteiger partial charge in [-0.2, -0.15) is 0 Å². The average molecular weight is 237 g/mol. The minimum Gasteiger partial charge on any atom is -0.381 e. The van der Waals surface area contributed by atoms with Gasteiger partial charge in [-0.05, 0) is 39.5 Å². The molecule has 1 saturated heterocycles. The van der Waals surface area contributed by atoms with E-state index >= 15 is 0 Å². The Morgan fingerprint density at radius 2 is 2.24 bits per heavy atom. The van der Waals surface area contributed by atoms with Crippen molar-refractivity contribution in [3.8, 4) is 0 Å². The van der Waals surface area contributed by atoms with Crippen LogP contribution in [0, 0.1) is 5.92 Å². The maximum atomic E-state index is 12.2. The van der Waals surface area contributed by atoms with Gasteiger partial charge in [0.15, 0.2) is 0 Å². The van der Waals surface area contributed by atoms with Gasteiger partial charge in [-0.25, -0.2) is 0 Å². The summed E-state index contributed by atoms with van der Waals surface area (Å²) < 4.78 is 5.44. The van der Waals surface area contributed by atoms with Crippen LogP contribution in [-0.2, 0) is 9.53 Å². The molecule has 1 aliphatic heterocycles. The summed E-state index contributed by atoms with van der Waals surface area (Å²) in [6.07, 6.45) is 4.61. The summed E-state index contributed by atoms with van der Waals surface area (Å²) in [5, 5.41) is 0. The summed E-state index contributed by atoms with van der Waals surface area (Å²) in [5.41, 5.74) is 2.39. The van der Waals surface area contributed by atoms with E-state index in [0.29, 0.717) is 5.92 Å². The summed E-state index contributed by atoms with van der Waals surface area (Å²) in [4.78, 5) is 14.2. The molecular formula is C14H23NO2. The van der Waals surface area contributed by atoms with E-state index < -0.39 is 0 Å². The van der Waals surface area contributed by atoms with E-state index in [1.54, 1.807) is 0 Å². The van der Waals surface area contributed by atoms with Crippen LogP contribution in [0.5, 0.6) is 0 Å². The van der Waals surface area contributed by atoms with E-state index in [1.165, 1.54) is 12.0 Å². The number of likely N-dealkylation sites (tertiary alicyclic amines) is 1. The van der Waals surface area contributed by atoms with Crippen molar-refractivity contribution in [2.45, 2.75) is 39.5 Å². The van der Waals surface area contributed by atoms with E-state index in [-0.39, 0.29) is 5.91 Å². The summed E-state index contributed by atoms with van der Waals surface area (Å²) in [6, 6.07) is 0. The number of nitrogens with zero attached hydrogens (tertiary/aromatic N) is 1. The highest BCUT2D eigenvalue weighted by Gasteiger charge is 2.28. The molecule has 17 heavy (non-hydrogen) atoms. The number of allylic oxidation sites excluding steroid dienone is 1. The third-order valence-electron chi connectivity index (χ3n) is 3.94. The Hall–Kier alpha value is -0.830. The monoisotopic (exact) mass is 237 g/mol. The molecule has 0 aromatic heterocycles. The number of hydrogen-bond donors (Lipinski definition) is 0. The van der Waals surface area contributed by atoms with Crippen molar-refractivity contribution in [3.63, 3.8) is 0 Å². The van der Waals surface area contributed by atoms with Crippen molar-refractivity contribution in [2.24, 2.45) is 5.92 Å². The maximum Gasteiger partial charge on any atom is 0.249 e. The zero-order chi connectivity index (χ0) is 12.3. The molecule has 2 fully saturated rings. The molecule has 96 valence electrons. The van der Waals surface area contributed by atoms with Crippen LogP contribution in [0.25, 0.3) is 0 Å². The molecule has 0 N–H and O–H groups in total. The van der Waals surface area contributed by atoms with Crippen molar-refractivity contribution < 1.29 is 9.53 Å². The smallest absolute Gasteiger partial charge is 0.249 e. The number of ether oxygens (including phenoxy) is 1. The fourth-order valence-corrected chi connectivity index (χ4v) is 2.55. The van der Waals surface area contributed by atoms with E-state index in [9.17, 15) is 4.79 Å². The lowest BCUT2D eigenvalue weighted by Crippen LogP contribution is -2.31. The number of carbonyl (C=O) groups is 1. The van der Waals surface area contributed by atoms with Crippen LogP contribution >= 0.6 is 0 Å². The molecule has 0 bridgehead atoms. The first-order valence-corrected chi connectivity index (χ1v) is 6.78. The van der Waals surface area contributed by atoms with Crippen LogP contribution < -0.4 is 0 Å². The van der Waals surface area contributed by atoms with Crippen LogP contribution in [0.15, 0.2) is 11.1 Å². The zero-order valence-corrected chi connectivity index (χ0v) is 11.0. The zero-order valence-electron chi connectivity index (χ0n) is 11.0. The van der Waals surface area contributed by atoms with Gasteiger partial charge in [0, 0.05) is 31.2 Å². The second-order valence-corrected chi connectivity index (χ2v) is 5.15. The van der Waals surface area contributed by atoms with Crippen molar-refractivity contribution in [1.29, 1.82) is 0 Å². The molecule has 0 aromatic rings. The average Bonchev–Trinajstić information content (AvgIpc) is 2.71. The minimum absolute atomic E-state index is 0.263. The third-order valence-corrected chi connectivity index (χ3v) is 3.94. The van der Waals surface area contributed by atoms with E-state index in [1.807, 2.05) is 18.7 Å². The first-order valence-electron chi connectivity index (χ1n) is 6.78. The van der Waals surface area contributed by atoms with Gasteiger partial charge >= 0.3 is 0 Å². The fourth-order valence-electron chi connectivity index (χ4n) is 2.55. The van der Waals surface area contributed by atoms with Crippen LogP contribution in [0.2, 0.25) is 0 Å². The molecule has 0 aromatic carbocycles. The Morgan fingerprint density at radius 1 is 1.47 bits per heavy atom. The molecule has 0 unspecified atom stereocenters. The molecule has 1 heterocycles. The Balaban J connectivity index is 1.85. The second-order valence-electron chi connectivity index (χ2n) is 5.15. The highest BCUT2D eigenvalue weighted by Crippen LogP contribution is 2.30. The van der Waals surface area contributed by atoms with E-state index in [2.05, 4.69) is 0 Å². The van der Waals surface area contributed by atoms with Crippen LogP contribution in [-0.4, -0.2) is 37.1 Å². The summed E-state index contributed by atoms with van der Waals surface area (Å²) in [7, 11) is 0. The molecule has 0 radical (unpaired) electrons. The maximum absolute atomic E-state index is 12.2. The van der Waals surface area contributed by atoms with Crippen molar-refractivity contribution in [3.05, 3.63) is 11.1 Å². The molecule has 1 atom stereocenters. The van der Waals surface area contributed by atoms with Gasteiger partial charge in [0.1, 0.15) is 0 Å². The molecule has 1 amide bonds. The predicted molar refractivity (Wildman–Crippen MR) is 67.7 cm³/mol. The first kappa shape index (κ1) is 12.6. The lowest BCUT2D eigenvalue weighted by atomic mass is 9.88. The Kier molecular flexibility index (Phi) is 4.21. The molecule has 0 spiro atoms. The normalized spacial score (nSPS) is 23.8. The number of rotatable bonds is 4. The Labute approximate surface area is 104 Å². The Bertz CT molecular complexity index is 316. The molecule has 2 aliphatic rings. The predicted octanol–water partition coefficient (Wildman–Crippen LogP) is 2.37. The summed E-state index contributed by atoms with van der Waals surface area (Å²) in [6.45, 7) is 7.36. The van der Waals surface area contributed by atoms with Gasteiger partial charge in [0.2, 0.25) is 5.91 Å². The van der Waals surface area contributed by atoms with Crippen molar-refractivity contribution in [2.75, 3.05) is 26.3 Å². The SMILES string of the molecule is CCOC[C@H]1CCN(C(=O)C(C)=C2CCC2)C1. The van der Waals surface area contributed by atoms with Crippen molar-refractivity contribution in [1.82, 2.24) is 4.90 Å². The summed E-state index contributed by atoms with van der Waals surface area (Å²) >= 11 is 0. The van der Waals surface area contributed by atoms with E-state index in [4.69, 9.17) is 4.74 Å². The van der Waals surface area contributed by atoms with Crippen LogP contribution in [0.1, 0.15) is 39.5 Å². The summed E-state index contributed by atoms with van der Waals surface area (Å²) in [5.74, 6) is 0.803. The highest BCUT2D eigenvalue weighted by atomic mass is 16.5. The van der Waals surface area contributed by atoms with Gasteiger partial charge in [0.05, 0.1) is 6.61 Å². The molecule has 1 saturated carbocycles. The van der Waals surface area contributed by atoms with Crippen LogP contribution in [0.4, 0.5) is 0 Å². The lowest BCUT2D eigenvalue weighted by Gasteiger charge is -2.23. The number of amides is 1. The molecule has 1 aliphatic carbocycles. The molecule has 3 nitrogen and oxygen atoms in total. The minimum atomic E-state index is 0.263. The van der Waals surface area contributed by atoms with Gasteiger partial charge < -0.3 is 9.64 Å². The largest absolute Gasteiger partial charge is 0.381 e. The van der Waals surface area contributed by atoms with E-state index in [0.717, 1.165) is 51.1 Å². The topological polar surface area (TPSA) is 29.5 Å². The highest BCUT2D eigenvalue weighted by molar-refractivity contribution is 5.94. The number of carbonyl (C=O) groups excluding carboxylic acids is 1. The number of hydrogen-bond acceptors (Lipinski definition) is 2. The van der Waals surface area contributed by atoms with Gasteiger partial charge in [-0.3, -0.25) is 4.79 Å². The quantitative estimate of drug-likeness (QED) is 0.703. The fraction of sp³-hybridized carbons (Fsp3) is 0.786. The van der Waals surface area contributed by atoms with Crippen LogP contribution in [0.3, 0.4) is 0 Å².